The minimum absolute atomic E-state index is 0.0259. The van der Waals surface area contributed by atoms with Gasteiger partial charge in [0.25, 0.3) is 6.04 Å². The summed E-state index contributed by atoms with van der Waals surface area (Å²) < 4.78 is 53.0. The molecule has 2 heterocycles. The van der Waals surface area contributed by atoms with E-state index in [4.69, 9.17) is 37.0 Å². The fourth-order valence-electron chi connectivity index (χ4n) is 6.28. The van der Waals surface area contributed by atoms with E-state index in [0.717, 1.165) is 17.4 Å². The summed E-state index contributed by atoms with van der Waals surface area (Å²) in [4.78, 5) is 25.1. The first kappa shape index (κ1) is 50.8. The van der Waals surface area contributed by atoms with Crippen molar-refractivity contribution in [1.82, 2.24) is 0 Å². The first-order chi connectivity index (χ1) is 28.1. The highest BCUT2D eigenvalue weighted by molar-refractivity contribution is 6.75. The quantitative estimate of drug-likeness (QED) is 0.0793. The van der Waals surface area contributed by atoms with Gasteiger partial charge in [0.2, 0.25) is 6.29 Å². The molecule has 4 rings (SSSR count). The van der Waals surface area contributed by atoms with Gasteiger partial charge in [0.1, 0.15) is 24.4 Å². The van der Waals surface area contributed by atoms with Crippen LogP contribution in [-0.4, -0.2) is 97.0 Å². The van der Waals surface area contributed by atoms with E-state index in [2.05, 4.69) is 88.5 Å². The summed E-state index contributed by atoms with van der Waals surface area (Å²) in [6, 6.07) is 17.6. The van der Waals surface area contributed by atoms with Gasteiger partial charge < -0.3 is 37.0 Å². The molecular formula is C44H72N2O12Si3. The summed E-state index contributed by atoms with van der Waals surface area (Å²) in [5, 5.41) is 25.2. The molecule has 0 amide bonds. The van der Waals surface area contributed by atoms with Crippen molar-refractivity contribution >= 4 is 25.0 Å². The first-order valence-corrected chi connectivity index (χ1v) is 30.0. The van der Waals surface area contributed by atoms with Gasteiger partial charge in [0, 0.05) is 4.92 Å². The van der Waals surface area contributed by atoms with Crippen molar-refractivity contribution in [3.63, 3.8) is 0 Å². The molecule has 0 bridgehead atoms. The average Bonchev–Trinajstić information content (AvgIpc) is 3.13. The van der Waals surface area contributed by atoms with Gasteiger partial charge in [-0.3, -0.25) is 20.2 Å². The largest absolute Gasteiger partial charge is 0.486 e. The van der Waals surface area contributed by atoms with Crippen molar-refractivity contribution in [3.05, 3.63) is 104 Å². The molecule has 14 nitrogen and oxygen atoms in total. The van der Waals surface area contributed by atoms with Crippen LogP contribution in [0.2, 0.25) is 54.4 Å². The molecule has 0 aromatic heterocycles. The number of ether oxygens (including phenoxy) is 5. The molecule has 0 N–H and O–H groups in total. The number of hydrogen-bond donors (Lipinski definition) is 0. The number of benzene rings is 2. The molecule has 0 spiro atoms. The lowest BCUT2D eigenvalue weighted by Crippen LogP contribution is -2.66. The third-order valence-electron chi connectivity index (χ3n) is 13.2. The lowest BCUT2D eigenvalue weighted by Gasteiger charge is -2.48. The van der Waals surface area contributed by atoms with E-state index in [9.17, 15) is 20.2 Å². The van der Waals surface area contributed by atoms with E-state index in [-0.39, 0.29) is 47.2 Å². The van der Waals surface area contributed by atoms with Gasteiger partial charge in [-0.1, -0.05) is 123 Å². The molecule has 0 unspecified atom stereocenters. The molecule has 2 aromatic rings. The Balaban J connectivity index is 1.78. The molecule has 61 heavy (non-hydrogen) atoms. The Kier molecular flexibility index (Phi) is 16.6. The first-order valence-electron chi connectivity index (χ1n) is 21.3. The molecule has 8 atom stereocenters. The van der Waals surface area contributed by atoms with Crippen LogP contribution in [0.5, 0.6) is 0 Å². The topological polar surface area (TPSA) is 160 Å². The van der Waals surface area contributed by atoms with Crippen LogP contribution >= 0.6 is 0 Å². The maximum atomic E-state index is 13.4. The van der Waals surface area contributed by atoms with E-state index < -0.39 is 83.8 Å². The number of hydrogen-bond acceptors (Lipinski definition) is 12. The lowest BCUT2D eigenvalue weighted by molar-refractivity contribution is -0.576. The van der Waals surface area contributed by atoms with Crippen molar-refractivity contribution in [2.45, 2.75) is 179 Å². The van der Waals surface area contributed by atoms with Gasteiger partial charge >= 0.3 is 5.70 Å². The van der Waals surface area contributed by atoms with Gasteiger partial charge in [-0.15, -0.1) is 0 Å². The fourth-order valence-corrected chi connectivity index (χ4v) is 10.2. The molecule has 2 aliphatic heterocycles. The highest BCUT2D eigenvalue weighted by Crippen LogP contribution is 2.44. The van der Waals surface area contributed by atoms with Crippen molar-refractivity contribution < 1.29 is 46.8 Å². The zero-order chi connectivity index (χ0) is 45.8. The molecular weight excluding hydrogens is 833 g/mol. The predicted octanol–water partition coefficient (Wildman–Crippen LogP) is 9.86. The van der Waals surface area contributed by atoms with Gasteiger partial charge in [0.15, 0.2) is 43.4 Å². The monoisotopic (exact) mass is 904 g/mol. The van der Waals surface area contributed by atoms with Gasteiger partial charge in [-0.25, -0.2) is 0 Å². The summed E-state index contributed by atoms with van der Waals surface area (Å²) in [7, 11) is -7.91. The lowest BCUT2D eigenvalue weighted by atomic mass is 9.96. The molecule has 0 saturated carbocycles. The molecule has 0 radical (unpaired) electrons. The Morgan fingerprint density at radius 1 is 0.607 bits per heavy atom. The second-order valence-electron chi connectivity index (χ2n) is 20.9. The Hall–Kier alpha value is -2.85. The molecule has 0 aliphatic carbocycles. The normalized spacial score (nSPS) is 25.7. The fraction of sp³-hybridized carbons (Fsp3) is 0.682. The number of nitro groups is 2. The predicted molar refractivity (Wildman–Crippen MR) is 243 cm³/mol. The highest BCUT2D eigenvalue weighted by Gasteiger charge is 2.58. The van der Waals surface area contributed by atoms with Crippen molar-refractivity contribution in [3.8, 4) is 0 Å². The van der Waals surface area contributed by atoms with E-state index in [1.165, 1.54) is 0 Å². The summed E-state index contributed by atoms with van der Waals surface area (Å²) in [5.41, 5.74) is 1.53. The summed E-state index contributed by atoms with van der Waals surface area (Å²) >= 11 is 0. The Morgan fingerprint density at radius 2 is 1.08 bits per heavy atom. The van der Waals surface area contributed by atoms with E-state index in [1.54, 1.807) is 0 Å². The highest BCUT2D eigenvalue weighted by atomic mass is 28.4. The van der Waals surface area contributed by atoms with Crippen molar-refractivity contribution in [1.29, 1.82) is 0 Å². The van der Waals surface area contributed by atoms with Gasteiger partial charge in [-0.05, 0) is 65.5 Å². The zero-order valence-electron chi connectivity index (χ0n) is 39.1. The molecule has 342 valence electrons. The minimum Gasteiger partial charge on any atom is -0.486 e. The maximum absolute atomic E-state index is 13.4. The smallest absolute Gasteiger partial charge is 0.310 e. The Morgan fingerprint density at radius 3 is 1.56 bits per heavy atom. The number of nitrogens with zero attached hydrogens (tertiary/aromatic N) is 2. The molecule has 2 aliphatic rings. The third kappa shape index (κ3) is 12.9. The molecule has 1 fully saturated rings. The average molecular weight is 905 g/mol. The molecule has 17 heteroatoms. The summed E-state index contributed by atoms with van der Waals surface area (Å²) in [6.07, 6.45) is -6.27. The van der Waals surface area contributed by atoms with Crippen LogP contribution in [-0.2, 0) is 50.2 Å². The van der Waals surface area contributed by atoms with E-state index in [1.807, 2.05) is 73.8 Å². The van der Waals surface area contributed by atoms with Crippen LogP contribution in [0, 0.1) is 20.2 Å². The summed E-state index contributed by atoms with van der Waals surface area (Å²) in [6.45, 7) is 31.2. The third-order valence-corrected chi connectivity index (χ3v) is 26.6. The number of rotatable bonds is 18. The van der Waals surface area contributed by atoms with E-state index in [0.29, 0.717) is 0 Å². The molecule has 1 saturated heterocycles. The van der Waals surface area contributed by atoms with Crippen LogP contribution in [0.25, 0.3) is 0 Å². The Labute approximate surface area is 366 Å². The van der Waals surface area contributed by atoms with Crippen LogP contribution in [0.15, 0.2) is 72.6 Å². The second kappa shape index (κ2) is 19.9. The van der Waals surface area contributed by atoms with Crippen LogP contribution in [0.4, 0.5) is 0 Å². The Bertz CT molecular complexity index is 1780. The van der Waals surface area contributed by atoms with Gasteiger partial charge in [-0.2, -0.15) is 0 Å². The maximum Gasteiger partial charge on any atom is 0.310 e. The summed E-state index contributed by atoms with van der Waals surface area (Å²) in [5.74, 6) is 0. The van der Waals surface area contributed by atoms with Crippen LogP contribution in [0.3, 0.4) is 0 Å². The minimum atomic E-state index is -2.66. The van der Waals surface area contributed by atoms with Crippen molar-refractivity contribution in [2.24, 2.45) is 0 Å². The standard InChI is InChI=1S/C44H72N2O12Si3/c1-42(2,3)59(10,11)56-37-33(45(47)48)28-52-34(38(37)57-60(12,13)43(4,5)6)30-54-41-36(46(49)50)40(53-27-32-24-20-17-21-25-32)39(58-61(14,15)44(7,8)9)35(55-41)29-51-26-31-22-18-16-19-23-31/h16-25,28,34-41H,26-27,29-30H2,1-15H3/t34-,35-,36-,37-,38+,39-,40-,41-/m1/s1. The van der Waals surface area contributed by atoms with Crippen LogP contribution in [0.1, 0.15) is 73.4 Å². The zero-order valence-corrected chi connectivity index (χ0v) is 42.1. The molecule has 2 aromatic carbocycles. The van der Waals surface area contributed by atoms with E-state index >= 15 is 0 Å². The van der Waals surface area contributed by atoms with Crippen LogP contribution < -0.4 is 0 Å². The van der Waals surface area contributed by atoms with Crippen molar-refractivity contribution in [2.75, 3.05) is 13.2 Å². The SMILES string of the molecule is CC(C)(C)[Si](C)(C)O[C@@H]1[C@H](O[Si](C)(C)C(C)(C)C)C([N+](=O)[O-])=CO[C@@H]1CO[C@@H]1O[C@H](COCc2ccccc2)[C@@H](O[Si](C)(C)C(C)(C)C)[C@H](OCc2ccccc2)[C@H]1[N+](=O)[O-]. The van der Waals surface area contributed by atoms with Gasteiger partial charge in [0.05, 0.1) is 31.4 Å². The second-order valence-corrected chi connectivity index (χ2v) is 35.1.